The molecule has 3 heterocycles. The minimum absolute atomic E-state index is 0.132. The third kappa shape index (κ3) is 3.42. The standard InChI is InChI=1S/C27H26F2N6O2/c1-26(2)18-6-8-27(26,24-17(18)10-21(33-34-24)23-19(28)4-3-5-20(23)29)22-7-9-30-25(32-22)15-11-31-35(12-15)13-16(37)14-36/h3-5,7,9-12,16,18,36-37H,6,8,13-14H2,1-2H3/t16-,18+,27-/m1/s1. The second-order valence-corrected chi connectivity index (χ2v) is 10.4. The van der Waals surface area contributed by atoms with Gasteiger partial charge in [-0.15, -0.1) is 5.10 Å². The summed E-state index contributed by atoms with van der Waals surface area (Å²) in [6.07, 6.45) is 5.87. The highest BCUT2D eigenvalue weighted by Gasteiger charge is 2.65. The van der Waals surface area contributed by atoms with Crippen LogP contribution in [-0.4, -0.2) is 52.9 Å². The third-order valence-electron chi connectivity index (χ3n) is 8.19. The number of rotatable bonds is 6. The highest BCUT2D eigenvalue weighted by atomic mass is 19.1. The van der Waals surface area contributed by atoms with Crippen LogP contribution in [0.1, 0.15) is 49.6 Å². The van der Waals surface area contributed by atoms with Gasteiger partial charge in [-0.2, -0.15) is 10.2 Å². The van der Waals surface area contributed by atoms with Crippen molar-refractivity contribution in [3.8, 4) is 22.6 Å². The second-order valence-electron chi connectivity index (χ2n) is 10.4. The Morgan fingerprint density at radius 2 is 1.95 bits per heavy atom. The first-order chi connectivity index (χ1) is 17.8. The van der Waals surface area contributed by atoms with Crippen LogP contribution >= 0.6 is 0 Å². The van der Waals surface area contributed by atoms with E-state index < -0.39 is 23.2 Å². The van der Waals surface area contributed by atoms with E-state index in [-0.39, 0.29) is 35.7 Å². The molecule has 0 unspecified atom stereocenters. The summed E-state index contributed by atoms with van der Waals surface area (Å²) >= 11 is 0. The summed E-state index contributed by atoms with van der Waals surface area (Å²) in [5.41, 5.74) is 2.46. The van der Waals surface area contributed by atoms with Crippen LogP contribution in [0.5, 0.6) is 0 Å². The summed E-state index contributed by atoms with van der Waals surface area (Å²) in [5.74, 6) is -0.715. The zero-order valence-electron chi connectivity index (χ0n) is 20.4. The number of hydrogen-bond acceptors (Lipinski definition) is 7. The number of aromatic nitrogens is 6. The van der Waals surface area contributed by atoms with Crippen LogP contribution in [0, 0.1) is 17.0 Å². The van der Waals surface area contributed by atoms with Gasteiger partial charge in [-0.25, -0.2) is 18.7 Å². The van der Waals surface area contributed by atoms with Gasteiger partial charge in [0.2, 0.25) is 0 Å². The average Bonchev–Trinajstić information content (AvgIpc) is 3.51. The van der Waals surface area contributed by atoms with Gasteiger partial charge < -0.3 is 10.2 Å². The first-order valence-electron chi connectivity index (χ1n) is 12.2. The lowest BCUT2D eigenvalue weighted by Crippen LogP contribution is -2.38. The third-order valence-corrected chi connectivity index (χ3v) is 8.19. The number of aliphatic hydroxyl groups is 2. The molecule has 1 aromatic carbocycles. The first-order valence-corrected chi connectivity index (χ1v) is 12.2. The Bertz CT molecular complexity index is 1490. The molecule has 0 aliphatic heterocycles. The summed E-state index contributed by atoms with van der Waals surface area (Å²) in [6, 6.07) is 7.46. The molecule has 0 amide bonds. The molecule has 3 aromatic heterocycles. The van der Waals surface area contributed by atoms with Gasteiger partial charge in [0.25, 0.3) is 0 Å². The molecule has 1 fully saturated rings. The van der Waals surface area contributed by atoms with Crippen LogP contribution in [0.4, 0.5) is 8.78 Å². The zero-order chi connectivity index (χ0) is 25.9. The number of halogens is 2. The molecule has 2 N–H and O–H groups in total. The second kappa shape index (κ2) is 8.46. The van der Waals surface area contributed by atoms with Crippen LogP contribution in [0.25, 0.3) is 22.6 Å². The topological polar surface area (TPSA) is 110 Å². The molecule has 2 aliphatic rings. The smallest absolute Gasteiger partial charge is 0.162 e. The van der Waals surface area contributed by atoms with Crippen LogP contribution < -0.4 is 0 Å². The van der Waals surface area contributed by atoms with Gasteiger partial charge in [-0.1, -0.05) is 19.9 Å². The molecule has 2 aliphatic carbocycles. The molecule has 6 rings (SSSR count). The summed E-state index contributed by atoms with van der Waals surface area (Å²) in [5, 5.41) is 32.0. The van der Waals surface area contributed by atoms with Crippen molar-refractivity contribution in [1.29, 1.82) is 0 Å². The van der Waals surface area contributed by atoms with Crippen LogP contribution in [-0.2, 0) is 12.0 Å². The monoisotopic (exact) mass is 504 g/mol. The zero-order valence-corrected chi connectivity index (χ0v) is 20.4. The van der Waals surface area contributed by atoms with Crippen molar-refractivity contribution in [2.45, 2.75) is 50.7 Å². The molecule has 4 aromatic rings. The fraction of sp³-hybridized carbons (Fsp3) is 0.370. The van der Waals surface area contributed by atoms with Crippen molar-refractivity contribution in [1.82, 2.24) is 29.9 Å². The summed E-state index contributed by atoms with van der Waals surface area (Å²) in [4.78, 5) is 9.40. The normalized spacial score (nSPS) is 22.3. The molecule has 8 nitrogen and oxygen atoms in total. The van der Waals surface area contributed by atoms with Gasteiger partial charge >= 0.3 is 0 Å². The lowest BCUT2D eigenvalue weighted by atomic mass is 9.66. The summed E-state index contributed by atoms with van der Waals surface area (Å²) < 4.78 is 30.6. The van der Waals surface area contributed by atoms with E-state index in [1.165, 1.54) is 18.2 Å². The van der Waals surface area contributed by atoms with Gasteiger partial charge in [0.05, 0.1) is 59.1 Å². The van der Waals surface area contributed by atoms with E-state index in [1.807, 2.05) is 6.07 Å². The fourth-order valence-corrected chi connectivity index (χ4v) is 6.34. The molecular formula is C27H26F2N6O2. The first kappa shape index (κ1) is 23.7. The van der Waals surface area contributed by atoms with E-state index in [1.54, 1.807) is 29.3 Å². The number of aliphatic hydroxyl groups excluding tert-OH is 2. The molecule has 0 spiro atoms. The Morgan fingerprint density at radius 1 is 1.16 bits per heavy atom. The molecule has 190 valence electrons. The van der Waals surface area contributed by atoms with Gasteiger partial charge in [-0.05, 0) is 54.0 Å². The van der Waals surface area contributed by atoms with E-state index in [9.17, 15) is 13.9 Å². The van der Waals surface area contributed by atoms with Crippen LogP contribution in [0.2, 0.25) is 0 Å². The number of benzene rings is 1. The fourth-order valence-electron chi connectivity index (χ4n) is 6.34. The van der Waals surface area contributed by atoms with Crippen molar-refractivity contribution in [2.75, 3.05) is 6.61 Å². The highest BCUT2D eigenvalue weighted by Crippen LogP contribution is 2.69. The lowest BCUT2D eigenvalue weighted by molar-refractivity contribution is 0.0783. The van der Waals surface area contributed by atoms with Gasteiger partial charge in [0.1, 0.15) is 11.6 Å². The Morgan fingerprint density at radius 3 is 2.70 bits per heavy atom. The Balaban J connectivity index is 1.43. The number of hydrogen-bond donors (Lipinski definition) is 2. The van der Waals surface area contributed by atoms with Gasteiger partial charge in [0.15, 0.2) is 5.82 Å². The molecule has 10 heteroatoms. The molecule has 37 heavy (non-hydrogen) atoms. The van der Waals surface area contributed by atoms with Gasteiger partial charge in [-0.3, -0.25) is 4.68 Å². The van der Waals surface area contributed by atoms with E-state index in [0.717, 1.165) is 29.8 Å². The predicted molar refractivity (Wildman–Crippen MR) is 130 cm³/mol. The summed E-state index contributed by atoms with van der Waals surface area (Å²) in [7, 11) is 0. The summed E-state index contributed by atoms with van der Waals surface area (Å²) in [6.45, 7) is 4.17. The van der Waals surface area contributed by atoms with Crippen molar-refractivity contribution in [2.24, 2.45) is 5.41 Å². The molecular weight excluding hydrogens is 478 g/mol. The molecule has 2 bridgehead atoms. The predicted octanol–water partition coefficient (Wildman–Crippen LogP) is 3.63. The van der Waals surface area contributed by atoms with Crippen molar-refractivity contribution < 1.29 is 19.0 Å². The van der Waals surface area contributed by atoms with Crippen molar-refractivity contribution >= 4 is 0 Å². The van der Waals surface area contributed by atoms with Crippen LogP contribution in [0.3, 0.4) is 0 Å². The van der Waals surface area contributed by atoms with Gasteiger partial charge in [0, 0.05) is 12.4 Å². The largest absolute Gasteiger partial charge is 0.394 e. The minimum Gasteiger partial charge on any atom is -0.394 e. The van der Waals surface area contributed by atoms with E-state index in [4.69, 9.17) is 10.1 Å². The Kier molecular flexibility index (Phi) is 5.43. The Hall–Kier alpha value is -3.63. The van der Waals surface area contributed by atoms with Crippen LogP contribution in [0.15, 0.2) is 48.9 Å². The maximum absolute atomic E-state index is 14.5. The van der Waals surface area contributed by atoms with E-state index >= 15 is 0 Å². The molecule has 0 radical (unpaired) electrons. The van der Waals surface area contributed by atoms with Crippen molar-refractivity contribution in [3.05, 3.63) is 77.5 Å². The maximum Gasteiger partial charge on any atom is 0.162 e. The van der Waals surface area contributed by atoms with Crippen molar-refractivity contribution in [3.63, 3.8) is 0 Å². The molecule has 1 saturated carbocycles. The quantitative estimate of drug-likeness (QED) is 0.413. The Labute approximate surface area is 212 Å². The number of fused-ring (bicyclic) bond motifs is 5. The van der Waals surface area contributed by atoms with E-state index in [0.29, 0.717) is 11.4 Å². The molecule has 3 atom stereocenters. The van der Waals surface area contributed by atoms with E-state index in [2.05, 4.69) is 34.1 Å². The SMILES string of the molecule is CC1(C)[C@H]2CC[C@@]1(c1ccnc(-c3cnn(C[C@@H](O)CO)c3)n1)c1nnc(-c3c(F)cccc3F)cc12. The maximum atomic E-state index is 14.5. The average molecular weight is 505 g/mol. The number of nitrogens with zero attached hydrogens (tertiary/aromatic N) is 6. The molecule has 0 saturated heterocycles. The highest BCUT2D eigenvalue weighted by molar-refractivity contribution is 5.64. The minimum atomic E-state index is -0.911. The lowest BCUT2D eigenvalue weighted by Gasteiger charge is -2.37.